The second kappa shape index (κ2) is 9.00. The Morgan fingerprint density at radius 3 is 2.52 bits per heavy atom. The average molecular weight is 476 g/mol. The van der Waals surface area contributed by atoms with Crippen molar-refractivity contribution < 1.29 is 29.7 Å². The number of aliphatic hydroxyl groups is 1. The van der Waals surface area contributed by atoms with Crippen molar-refractivity contribution >= 4 is 29.5 Å². The molecule has 2 amide bonds. The van der Waals surface area contributed by atoms with Crippen molar-refractivity contribution in [2.45, 2.75) is 50.3 Å². The number of nitrogens with zero attached hydrogens (tertiary/aromatic N) is 2. The Balaban J connectivity index is 1.55. The summed E-state index contributed by atoms with van der Waals surface area (Å²) in [5.41, 5.74) is 0.967. The summed E-state index contributed by atoms with van der Waals surface area (Å²) in [6, 6.07) is 6.12. The monoisotopic (exact) mass is 475 g/mol. The number of hydrogen-bond acceptors (Lipinski definition) is 7. The molecule has 10 heteroatoms. The molecule has 33 heavy (non-hydrogen) atoms. The summed E-state index contributed by atoms with van der Waals surface area (Å²) >= 11 is 1.43. The van der Waals surface area contributed by atoms with Gasteiger partial charge in [0, 0.05) is 36.2 Å². The number of aliphatic hydroxyl groups excluding tert-OH is 1. The normalized spacial score (nSPS) is 30.2. The molecule has 2 saturated heterocycles. The fourth-order valence-electron chi connectivity index (χ4n) is 5.26. The van der Waals surface area contributed by atoms with Gasteiger partial charge >= 0.3 is 5.97 Å². The third-order valence-corrected chi connectivity index (χ3v) is 8.33. The van der Waals surface area contributed by atoms with Crippen molar-refractivity contribution in [2.24, 2.45) is 11.8 Å². The highest BCUT2D eigenvalue weighted by Gasteiger charge is 2.60. The summed E-state index contributed by atoms with van der Waals surface area (Å²) in [4.78, 5) is 41.2. The molecule has 0 radical (unpaired) electrons. The molecular weight excluding hydrogens is 446 g/mol. The molecule has 2 fully saturated rings. The Bertz CT molecular complexity index is 994. The molecule has 0 bridgehead atoms. The molecule has 0 spiro atoms. The lowest BCUT2D eigenvalue weighted by Gasteiger charge is -2.46. The molecule has 1 aromatic carbocycles. The fourth-order valence-corrected chi connectivity index (χ4v) is 6.81. The van der Waals surface area contributed by atoms with Crippen LogP contribution < -0.4 is 5.32 Å². The minimum absolute atomic E-state index is 0.00729. The van der Waals surface area contributed by atoms with Crippen molar-refractivity contribution in [3.63, 3.8) is 0 Å². The highest BCUT2D eigenvalue weighted by Crippen LogP contribution is 2.52. The van der Waals surface area contributed by atoms with Crippen LogP contribution in [0.4, 0.5) is 0 Å². The Labute approximate surface area is 196 Å². The number of hydrogen-bond donors (Lipinski definition) is 4. The smallest absolute Gasteiger partial charge is 0.353 e. The van der Waals surface area contributed by atoms with Gasteiger partial charge in [-0.2, -0.15) is 0 Å². The molecule has 9 nitrogen and oxygen atoms in total. The molecule has 4 N–H and O–H groups in total. The Morgan fingerprint density at radius 2 is 1.94 bits per heavy atom. The van der Waals surface area contributed by atoms with E-state index in [0.29, 0.717) is 24.4 Å². The largest absolute Gasteiger partial charge is 0.508 e. The lowest BCUT2D eigenvalue weighted by atomic mass is 9.79. The third-order valence-electron chi connectivity index (χ3n) is 6.84. The predicted molar refractivity (Wildman–Crippen MR) is 122 cm³/mol. The van der Waals surface area contributed by atoms with Crippen molar-refractivity contribution in [1.29, 1.82) is 0 Å². The number of aromatic hydroxyl groups is 1. The van der Waals surface area contributed by atoms with Crippen molar-refractivity contribution in [1.82, 2.24) is 15.1 Å². The zero-order valence-electron chi connectivity index (χ0n) is 18.8. The van der Waals surface area contributed by atoms with Gasteiger partial charge in [0.2, 0.25) is 11.8 Å². The van der Waals surface area contributed by atoms with Gasteiger partial charge in [0.05, 0.1) is 24.1 Å². The first kappa shape index (κ1) is 23.6. The summed E-state index contributed by atoms with van der Waals surface area (Å²) in [5, 5.41) is 32.1. The molecule has 3 aliphatic heterocycles. The number of carboxylic acids is 1. The van der Waals surface area contributed by atoms with Crippen LogP contribution in [0.1, 0.15) is 25.8 Å². The number of carboxylic acid groups (broad SMARTS) is 1. The molecule has 3 aliphatic rings. The van der Waals surface area contributed by atoms with Crippen molar-refractivity contribution in [2.75, 3.05) is 13.6 Å². The average Bonchev–Trinajstić information content (AvgIpc) is 3.26. The number of benzene rings is 1. The zero-order valence-corrected chi connectivity index (χ0v) is 19.6. The van der Waals surface area contributed by atoms with E-state index in [4.69, 9.17) is 0 Å². The maximum absolute atomic E-state index is 12.6. The Morgan fingerprint density at radius 1 is 1.27 bits per heavy atom. The van der Waals surface area contributed by atoms with Crippen LogP contribution in [0.2, 0.25) is 0 Å². The standard InChI is InChI=1S/C23H29N3O6S/c1-11-18-17(12(2)27)22(30)26(18)19(23(31)32)20(11)33-15-8-16(21(29)24-3)25(10-15)9-13-4-6-14(28)7-5-13/h4-7,11-12,15-18,27-28H,8-10H2,1-3H3,(H,24,29)(H,31,32). The molecule has 4 rings (SSSR count). The van der Waals surface area contributed by atoms with Gasteiger partial charge in [-0.05, 0) is 31.0 Å². The molecule has 0 aromatic heterocycles. The molecule has 0 saturated carbocycles. The minimum atomic E-state index is -1.15. The molecule has 1 aromatic rings. The first-order chi connectivity index (χ1) is 15.6. The number of phenols is 1. The van der Waals surface area contributed by atoms with E-state index in [9.17, 15) is 29.7 Å². The first-order valence-corrected chi connectivity index (χ1v) is 11.9. The van der Waals surface area contributed by atoms with Crippen LogP contribution in [0.5, 0.6) is 5.75 Å². The number of rotatable bonds is 7. The predicted octanol–water partition coefficient (Wildman–Crippen LogP) is 0.968. The van der Waals surface area contributed by atoms with Crippen LogP contribution in [0, 0.1) is 11.8 Å². The van der Waals surface area contributed by atoms with Crippen LogP contribution in [0.15, 0.2) is 34.9 Å². The van der Waals surface area contributed by atoms with E-state index < -0.39 is 18.0 Å². The maximum atomic E-state index is 12.6. The van der Waals surface area contributed by atoms with E-state index in [1.807, 2.05) is 19.1 Å². The van der Waals surface area contributed by atoms with Gasteiger partial charge in [-0.25, -0.2) is 4.79 Å². The Hall–Kier alpha value is -2.56. The molecule has 6 unspecified atom stereocenters. The van der Waals surface area contributed by atoms with Crippen LogP contribution in [-0.4, -0.2) is 79.9 Å². The number of amides is 2. The summed E-state index contributed by atoms with van der Waals surface area (Å²) in [5.74, 6) is -2.22. The van der Waals surface area contributed by atoms with Gasteiger partial charge in [-0.3, -0.25) is 14.5 Å². The van der Waals surface area contributed by atoms with Gasteiger partial charge in [-0.15, -0.1) is 11.8 Å². The number of carbonyl (C=O) groups excluding carboxylic acids is 2. The van der Waals surface area contributed by atoms with Crippen LogP contribution in [-0.2, 0) is 20.9 Å². The molecule has 178 valence electrons. The van der Waals surface area contributed by atoms with E-state index >= 15 is 0 Å². The lowest BCUT2D eigenvalue weighted by Crippen LogP contribution is -2.63. The van der Waals surface area contributed by atoms with E-state index in [-0.39, 0.29) is 46.5 Å². The number of thioether (sulfide) groups is 1. The minimum Gasteiger partial charge on any atom is -0.508 e. The number of carbonyl (C=O) groups is 3. The highest BCUT2D eigenvalue weighted by molar-refractivity contribution is 8.03. The number of likely N-dealkylation sites (tertiary alicyclic amines) is 1. The third kappa shape index (κ3) is 4.11. The first-order valence-electron chi connectivity index (χ1n) is 11.0. The van der Waals surface area contributed by atoms with Gasteiger partial charge < -0.3 is 25.5 Å². The fraction of sp³-hybridized carbons (Fsp3) is 0.522. The second-order valence-corrected chi connectivity index (χ2v) is 10.3. The van der Waals surface area contributed by atoms with Gasteiger partial charge in [0.15, 0.2) is 0 Å². The summed E-state index contributed by atoms with van der Waals surface area (Å²) < 4.78 is 0. The topological polar surface area (TPSA) is 130 Å². The number of aliphatic carboxylic acids is 1. The second-order valence-electron chi connectivity index (χ2n) is 8.97. The van der Waals surface area contributed by atoms with Gasteiger partial charge in [0.1, 0.15) is 11.4 Å². The SMILES string of the molecule is CNC(=O)C1CC(SC2=C(C(=O)O)N3C(=O)C(C(C)O)C3C2C)CN1Cc1ccc(O)cc1. The number of β-lactam (4-membered cyclic amide) rings is 1. The number of phenolic OH excluding ortho intramolecular Hbond substituents is 1. The zero-order chi connectivity index (χ0) is 24.0. The summed E-state index contributed by atoms with van der Waals surface area (Å²) in [6.07, 6.45) is -0.297. The van der Waals surface area contributed by atoms with Gasteiger partial charge in [-0.1, -0.05) is 19.1 Å². The maximum Gasteiger partial charge on any atom is 0.353 e. The molecule has 6 atom stereocenters. The Kier molecular flexibility index (Phi) is 6.43. The lowest BCUT2D eigenvalue weighted by molar-refractivity contribution is -0.163. The van der Waals surface area contributed by atoms with Crippen LogP contribution >= 0.6 is 11.8 Å². The van der Waals surface area contributed by atoms with Gasteiger partial charge in [0.25, 0.3) is 0 Å². The summed E-state index contributed by atoms with van der Waals surface area (Å²) in [7, 11) is 1.60. The highest BCUT2D eigenvalue weighted by atomic mass is 32.2. The quantitative estimate of drug-likeness (QED) is 0.429. The van der Waals surface area contributed by atoms with E-state index in [0.717, 1.165) is 5.56 Å². The van der Waals surface area contributed by atoms with E-state index in [1.54, 1.807) is 26.1 Å². The van der Waals surface area contributed by atoms with Crippen LogP contribution in [0.25, 0.3) is 0 Å². The van der Waals surface area contributed by atoms with Crippen molar-refractivity contribution in [3.8, 4) is 5.75 Å². The number of nitrogens with one attached hydrogen (secondary N) is 1. The van der Waals surface area contributed by atoms with Crippen molar-refractivity contribution in [3.05, 3.63) is 40.4 Å². The van der Waals surface area contributed by atoms with E-state index in [1.165, 1.54) is 16.7 Å². The number of fused-ring (bicyclic) bond motifs is 1. The van der Waals surface area contributed by atoms with Crippen LogP contribution in [0.3, 0.4) is 0 Å². The molecule has 0 aliphatic carbocycles. The van der Waals surface area contributed by atoms with E-state index in [2.05, 4.69) is 10.2 Å². The molecule has 3 heterocycles. The summed E-state index contributed by atoms with van der Waals surface area (Å²) in [6.45, 7) is 4.56. The molecular formula is C23H29N3O6S. The number of likely N-dealkylation sites (N-methyl/N-ethyl adjacent to an activating group) is 1.